The minimum absolute atomic E-state index is 0.0139. The van der Waals surface area contributed by atoms with Crippen molar-refractivity contribution in [2.24, 2.45) is 34.5 Å². The van der Waals surface area contributed by atoms with E-state index >= 15 is 0 Å². The molecular weight excluding hydrogens is 414 g/mol. The Bertz CT molecular complexity index is 1050. The maximum Gasteiger partial charge on any atom is 0.0602 e. The van der Waals surface area contributed by atoms with Crippen LogP contribution in [-0.2, 0) is 4.74 Å². The van der Waals surface area contributed by atoms with Crippen LogP contribution in [0, 0.1) is 34.5 Å². The zero-order valence-corrected chi connectivity index (χ0v) is 22.1. The summed E-state index contributed by atoms with van der Waals surface area (Å²) in [6.45, 7) is 12.0. The topological polar surface area (TPSA) is 22.1 Å². The average Bonchev–Trinajstić information content (AvgIpc) is 3.15. The molecule has 34 heavy (non-hydrogen) atoms. The summed E-state index contributed by atoms with van der Waals surface area (Å²) in [7, 11) is 0. The smallest absolute Gasteiger partial charge is 0.0602 e. The van der Waals surface area contributed by atoms with Gasteiger partial charge in [0.25, 0.3) is 0 Å². The highest BCUT2D eigenvalue weighted by atomic mass is 16.5. The van der Waals surface area contributed by atoms with E-state index in [1.54, 1.807) is 5.56 Å². The van der Waals surface area contributed by atoms with Gasteiger partial charge in [-0.25, -0.2) is 0 Å². The van der Waals surface area contributed by atoms with Crippen molar-refractivity contribution in [3.63, 3.8) is 0 Å². The minimum Gasteiger partial charge on any atom is -0.373 e. The maximum absolute atomic E-state index is 6.48. The van der Waals surface area contributed by atoms with Crippen LogP contribution in [0.15, 0.2) is 36.7 Å². The summed E-state index contributed by atoms with van der Waals surface area (Å²) in [6, 6.07) is 9.37. The quantitative estimate of drug-likeness (QED) is 0.449. The van der Waals surface area contributed by atoms with Crippen LogP contribution in [0.3, 0.4) is 0 Å². The van der Waals surface area contributed by atoms with Crippen LogP contribution in [0.4, 0.5) is 0 Å². The number of rotatable bonds is 2. The maximum atomic E-state index is 6.48. The minimum atomic E-state index is -0.0139. The first kappa shape index (κ1) is 23.0. The lowest BCUT2D eigenvalue weighted by Crippen LogP contribution is -2.54. The molecule has 4 fully saturated rings. The zero-order chi connectivity index (χ0) is 23.7. The van der Waals surface area contributed by atoms with Crippen LogP contribution in [0.5, 0.6) is 0 Å². The second-order valence-electron chi connectivity index (χ2n) is 13.9. The van der Waals surface area contributed by atoms with Crippen molar-refractivity contribution in [1.29, 1.82) is 0 Å². The van der Waals surface area contributed by atoms with E-state index in [1.165, 1.54) is 68.6 Å². The highest BCUT2D eigenvalue weighted by molar-refractivity contribution is 5.82. The van der Waals surface area contributed by atoms with Crippen LogP contribution in [0.2, 0.25) is 0 Å². The first-order valence-electron chi connectivity index (χ1n) is 14.2. The van der Waals surface area contributed by atoms with Gasteiger partial charge in [-0.3, -0.25) is 4.98 Å². The molecule has 0 N–H and O–H groups in total. The van der Waals surface area contributed by atoms with Crippen LogP contribution in [-0.4, -0.2) is 16.7 Å². The Morgan fingerprint density at radius 1 is 0.853 bits per heavy atom. The van der Waals surface area contributed by atoms with Gasteiger partial charge in [0.1, 0.15) is 0 Å². The fourth-order valence-electron chi connectivity index (χ4n) is 9.69. The predicted molar refractivity (Wildman–Crippen MR) is 141 cm³/mol. The van der Waals surface area contributed by atoms with Gasteiger partial charge < -0.3 is 4.74 Å². The largest absolute Gasteiger partial charge is 0.373 e. The molecule has 0 unspecified atom stereocenters. The molecule has 1 aromatic carbocycles. The molecule has 0 radical (unpaired) electrons. The van der Waals surface area contributed by atoms with E-state index in [-0.39, 0.29) is 5.60 Å². The van der Waals surface area contributed by atoms with Gasteiger partial charge in [0.2, 0.25) is 0 Å². The Hall–Kier alpha value is -1.41. The number of fused-ring (bicyclic) bond motifs is 6. The van der Waals surface area contributed by atoms with Gasteiger partial charge in [0, 0.05) is 17.8 Å². The lowest BCUT2D eigenvalue weighted by molar-refractivity contribution is -0.152. The zero-order valence-electron chi connectivity index (χ0n) is 22.1. The lowest BCUT2D eigenvalue weighted by Gasteiger charge is -2.61. The third-order valence-electron chi connectivity index (χ3n) is 11.2. The molecule has 6 rings (SSSR count). The van der Waals surface area contributed by atoms with Crippen LogP contribution < -0.4 is 0 Å². The van der Waals surface area contributed by atoms with Crippen LogP contribution >= 0.6 is 0 Å². The van der Waals surface area contributed by atoms with Crippen LogP contribution in [0.1, 0.15) is 104 Å². The third-order valence-corrected chi connectivity index (χ3v) is 11.2. The van der Waals surface area contributed by atoms with Crippen molar-refractivity contribution < 1.29 is 4.74 Å². The average molecular weight is 460 g/mol. The first-order valence-corrected chi connectivity index (χ1v) is 14.2. The van der Waals surface area contributed by atoms with Crippen molar-refractivity contribution >= 4 is 10.8 Å². The summed E-state index contributed by atoms with van der Waals surface area (Å²) >= 11 is 0. The van der Waals surface area contributed by atoms with Crippen molar-refractivity contribution in [2.75, 3.05) is 0 Å². The molecule has 1 aromatic heterocycles. The number of pyridine rings is 1. The second kappa shape index (κ2) is 8.05. The number of hydrogen-bond acceptors (Lipinski definition) is 2. The molecule has 0 amide bonds. The van der Waals surface area contributed by atoms with E-state index in [4.69, 9.17) is 4.74 Å². The second-order valence-corrected chi connectivity index (χ2v) is 13.9. The van der Waals surface area contributed by atoms with Crippen LogP contribution in [0.25, 0.3) is 10.8 Å². The molecule has 4 aliphatic rings. The molecule has 0 spiro atoms. The molecule has 4 aliphatic carbocycles. The molecule has 2 heteroatoms. The van der Waals surface area contributed by atoms with Crippen molar-refractivity contribution in [3.05, 3.63) is 42.2 Å². The Morgan fingerprint density at radius 3 is 2.47 bits per heavy atom. The van der Waals surface area contributed by atoms with Gasteiger partial charge in [-0.1, -0.05) is 26.0 Å². The van der Waals surface area contributed by atoms with Crippen molar-refractivity contribution in [1.82, 2.24) is 4.98 Å². The molecule has 4 saturated carbocycles. The van der Waals surface area contributed by atoms with E-state index in [1.807, 2.05) is 12.4 Å². The molecule has 1 heterocycles. The standard InChI is InChI=1S/C32H45NO/c1-30(2,3)34-25-12-15-31(4)24(19-25)8-9-26-28-11-10-27(32(28,5)16-13-29(26)31)22-7-6-21-14-17-33-20-23(21)18-22/h6-7,14,17-18,20,24-29H,8-13,15-16,19H2,1-5H3/t24-,25-,26-,27+,28-,29-,31-,32+/m0/s1. The number of nitrogens with zero attached hydrogens (tertiary/aromatic N) is 1. The van der Waals surface area contributed by atoms with E-state index in [9.17, 15) is 0 Å². The summed E-state index contributed by atoms with van der Waals surface area (Å²) in [5.74, 6) is 4.35. The van der Waals surface area contributed by atoms with Crippen molar-refractivity contribution in [2.45, 2.75) is 110 Å². The summed E-state index contributed by atoms with van der Waals surface area (Å²) in [5, 5.41) is 2.63. The third kappa shape index (κ3) is 3.66. The Morgan fingerprint density at radius 2 is 1.65 bits per heavy atom. The number of ether oxygens (including phenoxy) is 1. The van der Waals surface area contributed by atoms with E-state index in [0.717, 1.165) is 23.7 Å². The number of aromatic nitrogens is 1. The van der Waals surface area contributed by atoms with Gasteiger partial charge in [0.05, 0.1) is 11.7 Å². The lowest BCUT2D eigenvalue weighted by atomic mass is 9.44. The monoisotopic (exact) mass is 459 g/mol. The molecule has 8 atom stereocenters. The summed E-state index contributed by atoms with van der Waals surface area (Å²) in [4.78, 5) is 4.40. The summed E-state index contributed by atoms with van der Waals surface area (Å²) in [6.07, 6.45) is 16.9. The van der Waals surface area contributed by atoms with Gasteiger partial charge in [-0.15, -0.1) is 0 Å². The number of benzene rings is 1. The molecule has 184 valence electrons. The predicted octanol–water partition coefficient (Wildman–Crippen LogP) is 8.54. The van der Waals surface area contributed by atoms with Crippen molar-refractivity contribution in [3.8, 4) is 0 Å². The van der Waals surface area contributed by atoms with E-state index < -0.39 is 0 Å². The van der Waals surface area contributed by atoms with Gasteiger partial charge in [-0.05, 0) is 142 Å². The van der Waals surface area contributed by atoms with Gasteiger partial charge in [0.15, 0.2) is 0 Å². The fraction of sp³-hybridized carbons (Fsp3) is 0.719. The van der Waals surface area contributed by atoms with E-state index in [0.29, 0.717) is 22.9 Å². The highest BCUT2D eigenvalue weighted by Gasteiger charge is 2.60. The molecule has 0 aliphatic heterocycles. The first-order chi connectivity index (χ1) is 16.2. The molecule has 2 aromatic rings. The fourth-order valence-corrected chi connectivity index (χ4v) is 9.69. The normalized spacial score (nSPS) is 42.1. The Balaban J connectivity index is 1.23. The highest BCUT2D eigenvalue weighted by Crippen LogP contribution is 2.69. The number of hydrogen-bond donors (Lipinski definition) is 0. The Labute approximate surface area is 207 Å². The molecule has 0 saturated heterocycles. The SMILES string of the molecule is CC(C)(C)O[C@H]1CC[C@@]2(C)[C@@H](CC[C@@H]3[C@@H]2CC[C@]2(C)[C@@H](c4ccc5ccncc5c4)CC[C@@H]32)C1. The van der Waals surface area contributed by atoms with E-state index in [2.05, 4.69) is 63.9 Å². The van der Waals surface area contributed by atoms with Gasteiger partial charge >= 0.3 is 0 Å². The Kier molecular flexibility index (Phi) is 5.45. The molecule has 2 nitrogen and oxygen atoms in total. The molecule has 0 bridgehead atoms. The summed E-state index contributed by atoms with van der Waals surface area (Å²) in [5.41, 5.74) is 2.56. The summed E-state index contributed by atoms with van der Waals surface area (Å²) < 4.78 is 6.48. The molecular formula is C32H45NO. The van der Waals surface area contributed by atoms with Gasteiger partial charge in [-0.2, -0.15) is 0 Å².